The molecule has 0 spiro atoms. The molecular weight excluding hydrogens is 166 g/mol. The summed E-state index contributed by atoms with van der Waals surface area (Å²) in [7, 11) is 0. The molecule has 0 aliphatic heterocycles. The first kappa shape index (κ1) is 12.3. The van der Waals surface area contributed by atoms with E-state index in [2.05, 4.69) is 32.3 Å². The molecule has 0 fully saturated rings. The Morgan fingerprint density at radius 1 is 1.25 bits per heavy atom. The van der Waals surface area contributed by atoms with Crippen LogP contribution in [0.4, 0.5) is 0 Å². The molecule has 0 heterocycles. The van der Waals surface area contributed by atoms with Gasteiger partial charge in [0.25, 0.3) is 0 Å². The molecule has 0 saturated carbocycles. The number of hydrogen-bond donors (Lipinski definition) is 1. The van der Waals surface area contributed by atoms with Gasteiger partial charge < -0.3 is 5.32 Å². The fourth-order valence-electron chi connectivity index (χ4n) is 1.61. The smallest absolute Gasteiger partial charge is 0.0195 e. The van der Waals surface area contributed by atoms with Gasteiger partial charge in [-0.2, -0.15) is 11.8 Å². The van der Waals surface area contributed by atoms with Gasteiger partial charge in [-0.1, -0.05) is 27.2 Å². The largest absolute Gasteiger partial charge is 0.313 e. The first-order chi connectivity index (χ1) is 5.79. The van der Waals surface area contributed by atoms with E-state index in [1.807, 2.05) is 11.8 Å². The highest BCUT2D eigenvalue weighted by Gasteiger charge is 2.16. The Bertz CT molecular complexity index is 85.8. The van der Waals surface area contributed by atoms with E-state index in [4.69, 9.17) is 0 Å². The number of hydrogen-bond acceptors (Lipinski definition) is 2. The Kier molecular flexibility index (Phi) is 8.14. The first-order valence-corrected chi connectivity index (χ1v) is 6.35. The van der Waals surface area contributed by atoms with Gasteiger partial charge in [-0.15, -0.1) is 0 Å². The molecule has 0 aromatic rings. The lowest BCUT2D eigenvalue weighted by atomic mass is 10.1. The van der Waals surface area contributed by atoms with Gasteiger partial charge in [0.2, 0.25) is 0 Å². The molecule has 2 unspecified atom stereocenters. The third kappa shape index (κ3) is 4.36. The van der Waals surface area contributed by atoms with Gasteiger partial charge in [-0.3, -0.25) is 0 Å². The van der Waals surface area contributed by atoms with Crippen LogP contribution < -0.4 is 5.32 Å². The van der Waals surface area contributed by atoms with Crippen LogP contribution in [-0.2, 0) is 0 Å². The minimum Gasteiger partial charge on any atom is -0.313 e. The highest BCUT2D eigenvalue weighted by atomic mass is 32.2. The van der Waals surface area contributed by atoms with Crippen LogP contribution in [0, 0.1) is 0 Å². The molecule has 2 atom stereocenters. The average Bonchev–Trinajstić information content (AvgIpc) is 2.07. The highest BCUT2D eigenvalue weighted by molar-refractivity contribution is 7.99. The standard InChI is InChI=1S/C10H23NS/c1-5-8-9(11-7-3)10(6-2)12-4/h9-11H,5-8H2,1-4H3. The zero-order valence-corrected chi connectivity index (χ0v) is 9.71. The normalized spacial score (nSPS) is 16.0. The lowest BCUT2D eigenvalue weighted by Gasteiger charge is -2.25. The maximum atomic E-state index is 3.56. The quantitative estimate of drug-likeness (QED) is 0.661. The maximum absolute atomic E-state index is 3.56. The first-order valence-electron chi connectivity index (χ1n) is 5.06. The van der Waals surface area contributed by atoms with Crippen molar-refractivity contribution in [3.05, 3.63) is 0 Å². The minimum atomic E-state index is 0.722. The highest BCUT2D eigenvalue weighted by Crippen LogP contribution is 2.18. The number of thioether (sulfide) groups is 1. The van der Waals surface area contributed by atoms with Gasteiger partial charge in [0.15, 0.2) is 0 Å². The molecule has 12 heavy (non-hydrogen) atoms. The summed E-state index contributed by atoms with van der Waals surface area (Å²) in [5.74, 6) is 0. The van der Waals surface area contributed by atoms with E-state index in [0.29, 0.717) is 0 Å². The Labute approximate surface area is 81.7 Å². The van der Waals surface area contributed by atoms with Crippen LogP contribution in [0.1, 0.15) is 40.0 Å². The number of nitrogens with one attached hydrogen (secondary N) is 1. The van der Waals surface area contributed by atoms with Crippen LogP contribution in [0.15, 0.2) is 0 Å². The molecule has 0 aromatic carbocycles. The molecular formula is C10H23NS. The Morgan fingerprint density at radius 3 is 2.25 bits per heavy atom. The van der Waals surface area contributed by atoms with Crippen LogP contribution in [0.25, 0.3) is 0 Å². The third-order valence-corrected chi connectivity index (χ3v) is 3.49. The van der Waals surface area contributed by atoms with E-state index >= 15 is 0 Å². The molecule has 74 valence electrons. The molecule has 0 aromatic heterocycles. The second kappa shape index (κ2) is 7.93. The van der Waals surface area contributed by atoms with Crippen LogP contribution in [0.5, 0.6) is 0 Å². The van der Waals surface area contributed by atoms with Crippen LogP contribution >= 0.6 is 11.8 Å². The fraction of sp³-hybridized carbons (Fsp3) is 1.00. The van der Waals surface area contributed by atoms with Crippen molar-refractivity contribution < 1.29 is 0 Å². The Morgan fingerprint density at radius 2 is 1.92 bits per heavy atom. The van der Waals surface area contributed by atoms with Crippen molar-refractivity contribution in [2.75, 3.05) is 12.8 Å². The zero-order chi connectivity index (χ0) is 9.40. The molecule has 0 bridgehead atoms. The van der Waals surface area contributed by atoms with Gasteiger partial charge in [0.1, 0.15) is 0 Å². The van der Waals surface area contributed by atoms with Gasteiger partial charge in [-0.25, -0.2) is 0 Å². The lowest BCUT2D eigenvalue weighted by molar-refractivity contribution is 0.466. The van der Waals surface area contributed by atoms with E-state index in [9.17, 15) is 0 Å². The molecule has 1 nitrogen and oxygen atoms in total. The van der Waals surface area contributed by atoms with Crippen LogP contribution in [0.2, 0.25) is 0 Å². The topological polar surface area (TPSA) is 12.0 Å². The van der Waals surface area contributed by atoms with Crippen LogP contribution in [-0.4, -0.2) is 24.1 Å². The van der Waals surface area contributed by atoms with Crippen molar-refractivity contribution in [2.24, 2.45) is 0 Å². The van der Waals surface area contributed by atoms with E-state index in [1.165, 1.54) is 19.3 Å². The molecule has 2 heteroatoms. The molecule has 0 saturated heterocycles. The summed E-state index contributed by atoms with van der Waals surface area (Å²) in [4.78, 5) is 0. The van der Waals surface area contributed by atoms with Crippen molar-refractivity contribution in [3.63, 3.8) is 0 Å². The van der Waals surface area contributed by atoms with Gasteiger partial charge in [0.05, 0.1) is 0 Å². The molecule has 0 aliphatic rings. The predicted molar refractivity (Wildman–Crippen MR) is 60.0 cm³/mol. The monoisotopic (exact) mass is 189 g/mol. The third-order valence-electron chi connectivity index (χ3n) is 2.22. The van der Waals surface area contributed by atoms with Crippen molar-refractivity contribution in [1.82, 2.24) is 5.32 Å². The van der Waals surface area contributed by atoms with Crippen molar-refractivity contribution in [3.8, 4) is 0 Å². The second-order valence-electron chi connectivity index (χ2n) is 3.14. The Balaban J connectivity index is 3.86. The zero-order valence-electron chi connectivity index (χ0n) is 8.89. The summed E-state index contributed by atoms with van der Waals surface area (Å²) < 4.78 is 0. The predicted octanol–water partition coefficient (Wildman–Crippen LogP) is 2.91. The van der Waals surface area contributed by atoms with E-state index in [1.54, 1.807) is 0 Å². The molecule has 0 rings (SSSR count). The van der Waals surface area contributed by atoms with Crippen molar-refractivity contribution in [2.45, 2.75) is 51.3 Å². The minimum absolute atomic E-state index is 0.722. The summed E-state index contributed by atoms with van der Waals surface area (Å²) >= 11 is 2.00. The summed E-state index contributed by atoms with van der Waals surface area (Å²) in [6.45, 7) is 7.83. The van der Waals surface area contributed by atoms with E-state index in [0.717, 1.165) is 17.8 Å². The maximum Gasteiger partial charge on any atom is 0.0195 e. The second-order valence-corrected chi connectivity index (χ2v) is 4.21. The molecule has 1 N–H and O–H groups in total. The van der Waals surface area contributed by atoms with E-state index < -0.39 is 0 Å². The SMILES string of the molecule is CCCC(NCC)C(CC)SC. The average molecular weight is 189 g/mol. The van der Waals surface area contributed by atoms with E-state index in [-0.39, 0.29) is 0 Å². The lowest BCUT2D eigenvalue weighted by Crippen LogP contribution is -2.37. The van der Waals surface area contributed by atoms with Crippen molar-refractivity contribution in [1.29, 1.82) is 0 Å². The summed E-state index contributed by atoms with van der Waals surface area (Å²) in [5, 5.41) is 4.36. The summed E-state index contributed by atoms with van der Waals surface area (Å²) in [6, 6.07) is 0.722. The fourth-order valence-corrected chi connectivity index (χ4v) is 2.50. The molecule has 0 radical (unpaired) electrons. The van der Waals surface area contributed by atoms with Gasteiger partial charge >= 0.3 is 0 Å². The molecule has 0 amide bonds. The van der Waals surface area contributed by atoms with Gasteiger partial charge in [-0.05, 0) is 25.6 Å². The Hall–Kier alpha value is 0.310. The summed E-state index contributed by atoms with van der Waals surface area (Å²) in [6.07, 6.45) is 6.09. The van der Waals surface area contributed by atoms with Crippen LogP contribution in [0.3, 0.4) is 0 Å². The number of rotatable bonds is 7. The molecule has 0 aliphatic carbocycles. The van der Waals surface area contributed by atoms with Crippen molar-refractivity contribution >= 4 is 11.8 Å². The summed E-state index contributed by atoms with van der Waals surface area (Å²) in [5.41, 5.74) is 0. The van der Waals surface area contributed by atoms with Gasteiger partial charge in [0, 0.05) is 11.3 Å².